The average Bonchev–Trinajstić information content (AvgIpc) is 2.99. The van der Waals surface area contributed by atoms with E-state index in [4.69, 9.17) is 0 Å². The smallest absolute Gasteiger partial charge is 0.315 e. The van der Waals surface area contributed by atoms with Gasteiger partial charge >= 0.3 is 6.03 Å². The highest BCUT2D eigenvalue weighted by molar-refractivity contribution is 5.73. The number of urea groups is 1. The standard InChI is InChI=1S/C16H20N4O/c1-2-9-18-16(21)19-10-6-12-20-13-11-17-15(20)14-7-4-3-5-8-14/h2-5,7-8,11,13H,1,6,9-10,12H2,(H2,18,19,21). The Labute approximate surface area is 124 Å². The molecule has 0 saturated carbocycles. The van der Waals surface area contributed by atoms with E-state index in [1.165, 1.54) is 0 Å². The molecule has 0 aliphatic carbocycles. The van der Waals surface area contributed by atoms with Crippen LogP contribution in [0.1, 0.15) is 6.42 Å². The second-order valence-corrected chi connectivity index (χ2v) is 4.59. The number of aromatic nitrogens is 2. The zero-order chi connectivity index (χ0) is 14.9. The lowest BCUT2D eigenvalue weighted by Crippen LogP contribution is -2.36. The van der Waals surface area contributed by atoms with E-state index in [1.807, 2.05) is 36.5 Å². The van der Waals surface area contributed by atoms with Crippen molar-refractivity contribution in [3.05, 3.63) is 55.4 Å². The van der Waals surface area contributed by atoms with Gasteiger partial charge in [-0.3, -0.25) is 0 Å². The van der Waals surface area contributed by atoms with Crippen molar-refractivity contribution in [3.63, 3.8) is 0 Å². The maximum atomic E-state index is 11.4. The number of carbonyl (C=O) groups excluding carboxylic acids is 1. The molecule has 1 aromatic carbocycles. The lowest BCUT2D eigenvalue weighted by atomic mass is 10.2. The summed E-state index contributed by atoms with van der Waals surface area (Å²) in [4.78, 5) is 15.8. The van der Waals surface area contributed by atoms with Gasteiger partial charge in [0.2, 0.25) is 0 Å². The number of aryl methyl sites for hydroxylation is 1. The van der Waals surface area contributed by atoms with Crippen molar-refractivity contribution < 1.29 is 4.79 Å². The van der Waals surface area contributed by atoms with Crippen molar-refractivity contribution in [1.82, 2.24) is 20.2 Å². The van der Waals surface area contributed by atoms with Gasteiger partial charge in [0, 0.05) is 37.6 Å². The summed E-state index contributed by atoms with van der Waals surface area (Å²) in [6, 6.07) is 9.91. The number of hydrogen-bond donors (Lipinski definition) is 2. The average molecular weight is 284 g/mol. The maximum absolute atomic E-state index is 11.4. The van der Waals surface area contributed by atoms with Gasteiger partial charge in [0.25, 0.3) is 0 Å². The number of hydrogen-bond acceptors (Lipinski definition) is 2. The molecular formula is C16H20N4O. The Morgan fingerprint density at radius 1 is 1.29 bits per heavy atom. The van der Waals surface area contributed by atoms with Gasteiger partial charge in [-0.25, -0.2) is 9.78 Å². The summed E-state index contributed by atoms with van der Waals surface area (Å²) >= 11 is 0. The Hall–Kier alpha value is -2.56. The van der Waals surface area contributed by atoms with Gasteiger partial charge in [0.1, 0.15) is 5.82 Å². The Morgan fingerprint density at radius 3 is 2.86 bits per heavy atom. The summed E-state index contributed by atoms with van der Waals surface area (Å²) in [7, 11) is 0. The molecule has 0 aliphatic rings. The third-order valence-corrected chi connectivity index (χ3v) is 3.02. The lowest BCUT2D eigenvalue weighted by Gasteiger charge is -2.09. The largest absolute Gasteiger partial charge is 0.338 e. The molecule has 0 saturated heterocycles. The molecule has 0 bridgehead atoms. The van der Waals surface area contributed by atoms with Crippen LogP contribution in [0.3, 0.4) is 0 Å². The number of carbonyl (C=O) groups is 1. The number of rotatable bonds is 7. The molecule has 0 fully saturated rings. The van der Waals surface area contributed by atoms with Gasteiger partial charge in [-0.1, -0.05) is 36.4 Å². The molecule has 1 heterocycles. The minimum Gasteiger partial charge on any atom is -0.338 e. The van der Waals surface area contributed by atoms with Gasteiger partial charge in [0.15, 0.2) is 0 Å². The molecule has 1 aromatic heterocycles. The summed E-state index contributed by atoms with van der Waals surface area (Å²) in [5, 5.41) is 5.48. The van der Waals surface area contributed by atoms with E-state index in [9.17, 15) is 4.79 Å². The molecule has 0 atom stereocenters. The maximum Gasteiger partial charge on any atom is 0.315 e. The molecule has 0 radical (unpaired) electrons. The van der Waals surface area contributed by atoms with E-state index >= 15 is 0 Å². The van der Waals surface area contributed by atoms with Crippen LogP contribution in [0.5, 0.6) is 0 Å². The highest BCUT2D eigenvalue weighted by Crippen LogP contribution is 2.16. The number of nitrogens with zero attached hydrogens (tertiary/aromatic N) is 2. The van der Waals surface area contributed by atoms with Crippen molar-refractivity contribution in [2.75, 3.05) is 13.1 Å². The summed E-state index contributed by atoms with van der Waals surface area (Å²) in [5.74, 6) is 0.951. The third kappa shape index (κ3) is 4.49. The third-order valence-electron chi connectivity index (χ3n) is 3.02. The van der Waals surface area contributed by atoms with E-state index < -0.39 is 0 Å². The van der Waals surface area contributed by atoms with Crippen molar-refractivity contribution in [3.8, 4) is 11.4 Å². The molecule has 2 N–H and O–H groups in total. The minimum absolute atomic E-state index is 0.163. The Morgan fingerprint density at radius 2 is 2.10 bits per heavy atom. The van der Waals surface area contributed by atoms with Crippen LogP contribution in [0.2, 0.25) is 0 Å². The lowest BCUT2D eigenvalue weighted by molar-refractivity contribution is 0.241. The number of nitrogens with one attached hydrogen (secondary N) is 2. The summed E-state index contributed by atoms with van der Waals surface area (Å²) in [6.45, 7) is 5.46. The van der Waals surface area contributed by atoms with Gasteiger partial charge in [0.05, 0.1) is 0 Å². The molecular weight excluding hydrogens is 264 g/mol. The van der Waals surface area contributed by atoms with Gasteiger partial charge in [-0.2, -0.15) is 0 Å². The van der Waals surface area contributed by atoms with Gasteiger partial charge < -0.3 is 15.2 Å². The van der Waals surface area contributed by atoms with Crippen molar-refractivity contribution in [1.29, 1.82) is 0 Å². The van der Waals surface area contributed by atoms with Crippen molar-refractivity contribution in [2.45, 2.75) is 13.0 Å². The van der Waals surface area contributed by atoms with Crippen LogP contribution in [-0.2, 0) is 6.54 Å². The first-order valence-electron chi connectivity index (χ1n) is 7.00. The quantitative estimate of drug-likeness (QED) is 0.606. The Balaban J connectivity index is 1.81. The normalized spacial score (nSPS) is 10.1. The monoisotopic (exact) mass is 284 g/mol. The SMILES string of the molecule is C=CCNC(=O)NCCCn1ccnc1-c1ccccc1. The van der Waals surface area contributed by atoms with Crippen LogP contribution in [0.4, 0.5) is 4.79 Å². The van der Waals surface area contributed by atoms with E-state index in [-0.39, 0.29) is 6.03 Å². The van der Waals surface area contributed by atoms with Crippen LogP contribution >= 0.6 is 0 Å². The van der Waals surface area contributed by atoms with Crippen LogP contribution in [0.25, 0.3) is 11.4 Å². The first kappa shape index (κ1) is 14.8. The predicted octanol–water partition coefficient (Wildman–Crippen LogP) is 2.43. The second kappa shape index (κ2) is 7.89. The zero-order valence-corrected chi connectivity index (χ0v) is 12.0. The Kier molecular flexibility index (Phi) is 5.58. The molecule has 5 heteroatoms. The molecule has 2 amide bonds. The molecule has 5 nitrogen and oxygen atoms in total. The first-order valence-corrected chi connectivity index (χ1v) is 7.00. The van der Waals surface area contributed by atoms with Crippen molar-refractivity contribution in [2.24, 2.45) is 0 Å². The predicted molar refractivity (Wildman–Crippen MR) is 83.9 cm³/mol. The number of amides is 2. The molecule has 21 heavy (non-hydrogen) atoms. The molecule has 0 unspecified atom stereocenters. The fraction of sp³-hybridized carbons (Fsp3) is 0.250. The van der Waals surface area contributed by atoms with Crippen LogP contribution in [0.15, 0.2) is 55.4 Å². The molecule has 0 aliphatic heterocycles. The topological polar surface area (TPSA) is 59.0 Å². The molecule has 2 aromatic rings. The van der Waals surface area contributed by atoms with Crippen molar-refractivity contribution >= 4 is 6.03 Å². The number of benzene rings is 1. The van der Waals surface area contributed by atoms with E-state index in [1.54, 1.807) is 12.3 Å². The molecule has 0 spiro atoms. The fourth-order valence-electron chi connectivity index (χ4n) is 2.02. The van der Waals surface area contributed by atoms with Crippen LogP contribution in [0, 0.1) is 0 Å². The van der Waals surface area contributed by atoms with Crippen LogP contribution < -0.4 is 10.6 Å². The minimum atomic E-state index is -0.163. The zero-order valence-electron chi connectivity index (χ0n) is 12.0. The summed E-state index contributed by atoms with van der Waals surface area (Å²) < 4.78 is 2.10. The first-order chi connectivity index (χ1) is 10.3. The second-order valence-electron chi connectivity index (χ2n) is 4.59. The summed E-state index contributed by atoms with van der Waals surface area (Å²) in [5.41, 5.74) is 1.10. The van der Waals surface area contributed by atoms with Gasteiger partial charge in [-0.05, 0) is 6.42 Å². The fourth-order valence-corrected chi connectivity index (χ4v) is 2.02. The summed E-state index contributed by atoms with van der Waals surface area (Å²) in [6.07, 6.45) is 6.25. The Bertz CT molecular complexity index is 577. The van der Waals surface area contributed by atoms with Gasteiger partial charge in [-0.15, -0.1) is 6.58 Å². The highest BCUT2D eigenvalue weighted by atomic mass is 16.2. The molecule has 110 valence electrons. The van der Waals surface area contributed by atoms with Crippen LogP contribution in [-0.4, -0.2) is 28.7 Å². The highest BCUT2D eigenvalue weighted by Gasteiger charge is 2.05. The molecule has 2 rings (SSSR count). The van der Waals surface area contributed by atoms with E-state index in [2.05, 4.69) is 26.8 Å². The van der Waals surface area contributed by atoms with E-state index in [0.717, 1.165) is 24.4 Å². The number of imidazole rings is 1. The van der Waals surface area contributed by atoms with E-state index in [0.29, 0.717) is 13.1 Å².